The fourth-order valence-electron chi connectivity index (χ4n) is 1.79. The average Bonchev–Trinajstić information content (AvgIpc) is 2.34. The van der Waals surface area contributed by atoms with E-state index in [9.17, 15) is 21.6 Å². The summed E-state index contributed by atoms with van der Waals surface area (Å²) in [4.78, 5) is 0. The van der Waals surface area contributed by atoms with Crippen molar-refractivity contribution in [2.75, 3.05) is 17.0 Å². The third kappa shape index (κ3) is 7.91. The summed E-state index contributed by atoms with van der Waals surface area (Å²) in [6.45, 7) is 0.535. The van der Waals surface area contributed by atoms with Gasteiger partial charge in [-0.15, -0.1) is 0 Å². The van der Waals surface area contributed by atoms with E-state index in [-0.39, 0.29) is 0 Å². The van der Waals surface area contributed by atoms with Crippen molar-refractivity contribution >= 4 is 15.7 Å². The number of hydrogen-bond donors (Lipinski definition) is 2. The highest BCUT2D eigenvalue weighted by atomic mass is 32.2. The zero-order valence-corrected chi connectivity index (χ0v) is 12.3. The second-order valence-corrected chi connectivity index (χ2v) is 6.57. The van der Waals surface area contributed by atoms with Crippen molar-refractivity contribution in [3.8, 4) is 0 Å². The Kier molecular flexibility index (Phi) is 6.47. The van der Waals surface area contributed by atoms with E-state index in [1.165, 1.54) is 0 Å². The van der Waals surface area contributed by atoms with E-state index in [0.29, 0.717) is 12.2 Å². The molecule has 21 heavy (non-hydrogen) atoms. The summed E-state index contributed by atoms with van der Waals surface area (Å²) in [6.07, 6.45) is -4.39. The van der Waals surface area contributed by atoms with Crippen LogP contribution < -0.4 is 10.5 Å². The highest BCUT2D eigenvalue weighted by Crippen LogP contribution is 2.22. The second-order valence-electron chi connectivity index (χ2n) is 4.73. The van der Waals surface area contributed by atoms with Gasteiger partial charge in [0.05, 0.1) is 5.75 Å². The quantitative estimate of drug-likeness (QED) is 0.772. The van der Waals surface area contributed by atoms with Crippen molar-refractivity contribution in [2.24, 2.45) is 5.73 Å². The topological polar surface area (TPSA) is 72.2 Å². The summed E-state index contributed by atoms with van der Waals surface area (Å²) in [5.74, 6) is -0.556. The minimum absolute atomic E-state index is 0.358. The Morgan fingerprint density at radius 2 is 1.90 bits per heavy atom. The number of rotatable bonds is 8. The van der Waals surface area contributed by atoms with Crippen LogP contribution in [0.5, 0.6) is 0 Å². The fraction of sp³-hybridized carbons (Fsp3) is 0.538. The van der Waals surface area contributed by atoms with Crippen LogP contribution in [0.4, 0.5) is 18.9 Å². The summed E-state index contributed by atoms with van der Waals surface area (Å²) in [6, 6.07) is 6.76. The van der Waals surface area contributed by atoms with Crippen molar-refractivity contribution in [2.45, 2.75) is 31.9 Å². The number of nitrogens with two attached hydrogens (primary N) is 1. The normalized spacial score (nSPS) is 12.4. The molecule has 4 nitrogen and oxygen atoms in total. The number of alkyl halides is 3. The van der Waals surface area contributed by atoms with Crippen molar-refractivity contribution in [3.05, 3.63) is 29.8 Å². The van der Waals surface area contributed by atoms with Gasteiger partial charge in [-0.1, -0.05) is 12.1 Å². The zero-order chi connectivity index (χ0) is 15.9. The van der Waals surface area contributed by atoms with Crippen LogP contribution in [0.2, 0.25) is 0 Å². The van der Waals surface area contributed by atoms with Gasteiger partial charge in [0.2, 0.25) is 10.0 Å². The minimum Gasteiger partial charge on any atom is -0.330 e. The number of anilines is 1. The van der Waals surface area contributed by atoms with Gasteiger partial charge >= 0.3 is 6.18 Å². The molecule has 0 aromatic heterocycles. The molecule has 0 saturated heterocycles. The van der Waals surface area contributed by atoms with E-state index in [1.807, 2.05) is 6.07 Å². The first-order valence-corrected chi connectivity index (χ1v) is 8.23. The molecule has 0 atom stereocenters. The van der Waals surface area contributed by atoms with Crippen molar-refractivity contribution in [1.82, 2.24) is 0 Å². The Morgan fingerprint density at radius 3 is 2.52 bits per heavy atom. The molecule has 8 heteroatoms. The molecule has 120 valence electrons. The minimum atomic E-state index is -4.34. The summed E-state index contributed by atoms with van der Waals surface area (Å²) >= 11 is 0. The monoisotopic (exact) mass is 324 g/mol. The first-order valence-electron chi connectivity index (χ1n) is 6.58. The molecule has 0 radical (unpaired) electrons. The van der Waals surface area contributed by atoms with Gasteiger partial charge in [-0.3, -0.25) is 4.72 Å². The van der Waals surface area contributed by atoms with E-state index in [1.54, 1.807) is 18.2 Å². The van der Waals surface area contributed by atoms with E-state index >= 15 is 0 Å². The zero-order valence-electron chi connectivity index (χ0n) is 11.5. The van der Waals surface area contributed by atoms with E-state index in [0.717, 1.165) is 18.4 Å². The van der Waals surface area contributed by atoms with Crippen LogP contribution in [0, 0.1) is 0 Å². The summed E-state index contributed by atoms with van der Waals surface area (Å²) in [5.41, 5.74) is 6.69. The number of aryl methyl sites for hydroxylation is 1. The Morgan fingerprint density at radius 1 is 1.19 bits per heavy atom. The van der Waals surface area contributed by atoms with Crippen molar-refractivity contribution in [3.63, 3.8) is 0 Å². The lowest BCUT2D eigenvalue weighted by Gasteiger charge is -2.10. The average molecular weight is 324 g/mol. The molecule has 1 rings (SSSR count). The SMILES string of the molecule is NCCCc1cccc(NS(=O)(=O)CCCC(F)(F)F)c1. The predicted molar refractivity (Wildman–Crippen MR) is 76.5 cm³/mol. The highest BCUT2D eigenvalue weighted by Gasteiger charge is 2.27. The summed E-state index contributed by atoms with van der Waals surface area (Å²) < 4.78 is 61.7. The van der Waals surface area contributed by atoms with Crippen LogP contribution in [-0.2, 0) is 16.4 Å². The maximum atomic E-state index is 12.0. The van der Waals surface area contributed by atoms with Crippen LogP contribution in [-0.4, -0.2) is 26.9 Å². The highest BCUT2D eigenvalue weighted by molar-refractivity contribution is 7.92. The van der Waals surface area contributed by atoms with Gasteiger partial charge in [0.25, 0.3) is 0 Å². The lowest BCUT2D eigenvalue weighted by molar-refractivity contribution is -0.134. The first-order chi connectivity index (χ1) is 9.72. The number of nitrogens with one attached hydrogen (secondary N) is 1. The molecule has 0 heterocycles. The number of sulfonamides is 1. The van der Waals surface area contributed by atoms with Crippen LogP contribution in [0.25, 0.3) is 0 Å². The third-order valence-corrected chi connectivity index (χ3v) is 4.12. The van der Waals surface area contributed by atoms with Gasteiger partial charge in [0.15, 0.2) is 0 Å². The fourth-order valence-corrected chi connectivity index (χ4v) is 2.90. The Bertz CT molecular complexity index is 545. The Labute approximate surface area is 122 Å². The Hall–Kier alpha value is -1.28. The molecule has 1 aromatic carbocycles. The molecule has 0 aliphatic rings. The molecule has 0 saturated carbocycles. The van der Waals surface area contributed by atoms with Gasteiger partial charge in [-0.2, -0.15) is 13.2 Å². The van der Waals surface area contributed by atoms with E-state index in [2.05, 4.69) is 4.72 Å². The molecule has 1 aromatic rings. The number of halogens is 3. The molecule has 0 aliphatic carbocycles. The van der Waals surface area contributed by atoms with Gasteiger partial charge < -0.3 is 5.73 Å². The van der Waals surface area contributed by atoms with Gasteiger partial charge in [-0.25, -0.2) is 8.42 Å². The summed E-state index contributed by atoms with van der Waals surface area (Å²) in [7, 11) is -3.77. The van der Waals surface area contributed by atoms with Crippen molar-refractivity contribution < 1.29 is 21.6 Å². The first kappa shape index (κ1) is 17.8. The Balaban J connectivity index is 2.58. The maximum absolute atomic E-state index is 12.0. The lowest BCUT2D eigenvalue weighted by Crippen LogP contribution is -2.19. The molecule has 0 fully saturated rings. The smallest absolute Gasteiger partial charge is 0.330 e. The molecular formula is C13H19F3N2O2S. The third-order valence-electron chi connectivity index (χ3n) is 2.74. The van der Waals surface area contributed by atoms with Crippen LogP contribution in [0.3, 0.4) is 0 Å². The van der Waals surface area contributed by atoms with E-state index in [4.69, 9.17) is 5.73 Å². The lowest BCUT2D eigenvalue weighted by atomic mass is 10.1. The van der Waals surface area contributed by atoms with Gasteiger partial charge in [0, 0.05) is 12.1 Å². The van der Waals surface area contributed by atoms with Gasteiger partial charge in [-0.05, 0) is 43.5 Å². The molecular weight excluding hydrogens is 305 g/mol. The number of benzene rings is 1. The van der Waals surface area contributed by atoms with Crippen LogP contribution in [0.15, 0.2) is 24.3 Å². The molecule has 0 unspecified atom stereocenters. The molecule has 0 spiro atoms. The van der Waals surface area contributed by atoms with Crippen LogP contribution >= 0.6 is 0 Å². The van der Waals surface area contributed by atoms with Gasteiger partial charge in [0.1, 0.15) is 0 Å². The maximum Gasteiger partial charge on any atom is 0.389 e. The second kappa shape index (κ2) is 7.65. The standard InChI is InChI=1S/C13H19F3N2O2S/c14-13(15,16)7-3-9-21(19,20)18-12-6-1-4-11(10-12)5-2-8-17/h1,4,6,10,18H,2-3,5,7-9,17H2. The number of hydrogen-bond acceptors (Lipinski definition) is 3. The molecule has 3 N–H and O–H groups in total. The largest absolute Gasteiger partial charge is 0.389 e. The summed E-state index contributed by atoms with van der Waals surface area (Å²) in [5, 5.41) is 0. The molecule has 0 bridgehead atoms. The predicted octanol–water partition coefficient (Wildman–Crippen LogP) is 2.66. The molecule has 0 aliphatic heterocycles. The van der Waals surface area contributed by atoms with Crippen LogP contribution in [0.1, 0.15) is 24.8 Å². The van der Waals surface area contributed by atoms with E-state index < -0.39 is 34.8 Å². The van der Waals surface area contributed by atoms with Crippen molar-refractivity contribution in [1.29, 1.82) is 0 Å². The molecule has 0 amide bonds.